The maximum Gasteiger partial charge on any atom is 0.246 e. The predicted octanol–water partition coefficient (Wildman–Crippen LogP) is 2.79. The van der Waals surface area contributed by atoms with E-state index in [1.807, 2.05) is 0 Å². The number of nitrogens with one attached hydrogen (secondary N) is 1. The highest BCUT2D eigenvalue weighted by molar-refractivity contribution is 5.92. The Morgan fingerprint density at radius 1 is 1.24 bits per heavy atom. The highest BCUT2D eigenvalue weighted by Gasteiger charge is 2.10. The van der Waals surface area contributed by atoms with Crippen LogP contribution in [0.5, 0.6) is 0 Å². The summed E-state index contributed by atoms with van der Waals surface area (Å²) in [4.78, 5) is 11.4. The Balaban J connectivity index is 3.61. The van der Waals surface area contributed by atoms with Gasteiger partial charge in [0, 0.05) is 5.57 Å². The van der Waals surface area contributed by atoms with Crippen molar-refractivity contribution in [3.8, 4) is 0 Å². The molecule has 0 bridgehead atoms. The fourth-order valence-electron chi connectivity index (χ4n) is 1.69. The zero-order chi connectivity index (χ0) is 13.1. The van der Waals surface area contributed by atoms with Crippen LogP contribution in [0.25, 0.3) is 0 Å². The van der Waals surface area contributed by atoms with E-state index in [1.54, 1.807) is 6.92 Å². The van der Waals surface area contributed by atoms with E-state index in [0.29, 0.717) is 5.57 Å². The van der Waals surface area contributed by atoms with Gasteiger partial charge in [0.1, 0.15) is 0 Å². The molecule has 1 unspecified atom stereocenters. The van der Waals surface area contributed by atoms with Gasteiger partial charge in [0.2, 0.25) is 5.91 Å². The summed E-state index contributed by atoms with van der Waals surface area (Å²) in [7, 11) is 0. The van der Waals surface area contributed by atoms with Gasteiger partial charge in [-0.25, -0.2) is 0 Å². The van der Waals surface area contributed by atoms with Crippen molar-refractivity contribution in [2.45, 2.75) is 64.8 Å². The number of aliphatic hydroxyl groups excluding tert-OH is 1. The van der Waals surface area contributed by atoms with Gasteiger partial charge in [-0.05, 0) is 13.3 Å². The minimum atomic E-state index is -0.157. The molecule has 0 aliphatic heterocycles. The van der Waals surface area contributed by atoms with Crippen LogP contribution in [-0.2, 0) is 4.79 Å². The minimum Gasteiger partial charge on any atom is -0.394 e. The van der Waals surface area contributed by atoms with Crippen molar-refractivity contribution in [1.29, 1.82) is 0 Å². The summed E-state index contributed by atoms with van der Waals surface area (Å²) in [5.41, 5.74) is 0.492. The molecule has 0 aliphatic carbocycles. The third-order valence-electron chi connectivity index (χ3n) is 2.85. The van der Waals surface area contributed by atoms with Gasteiger partial charge in [0.25, 0.3) is 0 Å². The average Bonchev–Trinajstić information content (AvgIpc) is 2.31. The van der Waals surface area contributed by atoms with Crippen molar-refractivity contribution < 1.29 is 9.90 Å². The molecular formula is C14H27NO2. The van der Waals surface area contributed by atoms with Crippen LogP contribution in [-0.4, -0.2) is 23.7 Å². The Morgan fingerprint density at radius 3 is 2.35 bits per heavy atom. The first kappa shape index (κ1) is 16.2. The van der Waals surface area contributed by atoms with E-state index >= 15 is 0 Å². The molecule has 17 heavy (non-hydrogen) atoms. The first-order valence-electron chi connectivity index (χ1n) is 6.69. The third-order valence-corrected chi connectivity index (χ3v) is 2.85. The average molecular weight is 241 g/mol. The van der Waals surface area contributed by atoms with E-state index in [0.717, 1.165) is 12.8 Å². The van der Waals surface area contributed by atoms with Crippen molar-refractivity contribution in [3.63, 3.8) is 0 Å². The van der Waals surface area contributed by atoms with E-state index < -0.39 is 0 Å². The first-order chi connectivity index (χ1) is 8.11. The fourth-order valence-corrected chi connectivity index (χ4v) is 1.69. The van der Waals surface area contributed by atoms with E-state index in [9.17, 15) is 4.79 Å². The van der Waals surface area contributed by atoms with Crippen LogP contribution >= 0.6 is 0 Å². The molecular weight excluding hydrogens is 214 g/mol. The second-order valence-electron chi connectivity index (χ2n) is 4.69. The summed E-state index contributed by atoms with van der Waals surface area (Å²) in [6.07, 6.45) is 8.19. The van der Waals surface area contributed by atoms with Crippen LogP contribution in [0.4, 0.5) is 0 Å². The van der Waals surface area contributed by atoms with Crippen LogP contribution < -0.4 is 5.32 Å². The van der Waals surface area contributed by atoms with Gasteiger partial charge >= 0.3 is 0 Å². The summed E-state index contributed by atoms with van der Waals surface area (Å²) >= 11 is 0. The summed E-state index contributed by atoms with van der Waals surface area (Å²) in [5, 5.41) is 11.9. The molecule has 1 amide bonds. The van der Waals surface area contributed by atoms with Crippen LogP contribution in [0.1, 0.15) is 58.8 Å². The number of carbonyl (C=O) groups excluding carboxylic acids is 1. The zero-order valence-electron chi connectivity index (χ0n) is 11.3. The van der Waals surface area contributed by atoms with Gasteiger partial charge < -0.3 is 10.4 Å². The lowest BCUT2D eigenvalue weighted by molar-refractivity contribution is -0.118. The Hall–Kier alpha value is -0.830. The monoisotopic (exact) mass is 241 g/mol. The smallest absolute Gasteiger partial charge is 0.246 e. The maximum absolute atomic E-state index is 11.4. The van der Waals surface area contributed by atoms with Crippen molar-refractivity contribution in [2.75, 3.05) is 6.61 Å². The molecule has 3 nitrogen and oxygen atoms in total. The largest absolute Gasteiger partial charge is 0.394 e. The number of hydrogen-bond acceptors (Lipinski definition) is 2. The Labute approximate surface area is 105 Å². The molecule has 1 atom stereocenters. The molecule has 2 N–H and O–H groups in total. The lowest BCUT2D eigenvalue weighted by Gasteiger charge is -2.16. The highest BCUT2D eigenvalue weighted by atomic mass is 16.3. The first-order valence-corrected chi connectivity index (χ1v) is 6.69. The number of rotatable bonds is 10. The quantitative estimate of drug-likeness (QED) is 0.456. The second-order valence-corrected chi connectivity index (χ2v) is 4.69. The number of amides is 1. The van der Waals surface area contributed by atoms with Crippen LogP contribution in [0.2, 0.25) is 0 Å². The van der Waals surface area contributed by atoms with Crippen LogP contribution in [0.3, 0.4) is 0 Å². The molecule has 0 aromatic carbocycles. The minimum absolute atomic E-state index is 0.00792. The van der Waals surface area contributed by atoms with Gasteiger partial charge in [0.05, 0.1) is 12.6 Å². The molecule has 3 heteroatoms. The Bertz CT molecular complexity index is 226. The SMILES string of the molecule is C=C(C)C(=O)NC(CO)CCCCCCCC. The Morgan fingerprint density at radius 2 is 1.82 bits per heavy atom. The number of aliphatic hydroxyl groups is 1. The molecule has 0 saturated carbocycles. The molecule has 0 saturated heterocycles. The summed E-state index contributed by atoms with van der Waals surface area (Å²) in [6.45, 7) is 7.47. The van der Waals surface area contributed by atoms with E-state index in [2.05, 4.69) is 18.8 Å². The van der Waals surface area contributed by atoms with E-state index in [1.165, 1.54) is 32.1 Å². The van der Waals surface area contributed by atoms with Gasteiger partial charge in [-0.1, -0.05) is 52.0 Å². The van der Waals surface area contributed by atoms with Crippen molar-refractivity contribution in [1.82, 2.24) is 5.32 Å². The highest BCUT2D eigenvalue weighted by Crippen LogP contribution is 2.08. The topological polar surface area (TPSA) is 49.3 Å². The fraction of sp³-hybridized carbons (Fsp3) is 0.786. The predicted molar refractivity (Wildman–Crippen MR) is 71.8 cm³/mol. The number of unbranched alkanes of at least 4 members (excludes halogenated alkanes) is 5. The molecule has 100 valence electrons. The van der Waals surface area contributed by atoms with Crippen molar-refractivity contribution in [2.24, 2.45) is 0 Å². The lowest BCUT2D eigenvalue weighted by Crippen LogP contribution is -2.37. The standard InChI is InChI=1S/C14H27NO2/c1-4-5-6-7-8-9-10-13(11-16)15-14(17)12(2)3/h13,16H,2,4-11H2,1,3H3,(H,15,17). The maximum atomic E-state index is 11.4. The van der Waals surface area contributed by atoms with Gasteiger partial charge in [-0.3, -0.25) is 4.79 Å². The number of hydrogen-bond donors (Lipinski definition) is 2. The van der Waals surface area contributed by atoms with Crippen LogP contribution in [0.15, 0.2) is 12.2 Å². The molecule has 0 fully saturated rings. The molecule has 0 spiro atoms. The second kappa shape index (κ2) is 10.3. The van der Waals surface area contributed by atoms with Gasteiger partial charge in [-0.2, -0.15) is 0 Å². The molecule has 0 rings (SSSR count). The Kier molecular flexibility index (Phi) is 9.83. The van der Waals surface area contributed by atoms with Gasteiger partial charge in [-0.15, -0.1) is 0 Å². The van der Waals surface area contributed by atoms with E-state index in [-0.39, 0.29) is 18.6 Å². The molecule has 0 aromatic rings. The van der Waals surface area contributed by atoms with Crippen LogP contribution in [0, 0.1) is 0 Å². The summed E-state index contributed by atoms with van der Waals surface area (Å²) in [6, 6.07) is -0.120. The summed E-state index contributed by atoms with van der Waals surface area (Å²) < 4.78 is 0. The molecule has 0 aromatic heterocycles. The normalized spacial score (nSPS) is 12.2. The molecule has 0 heterocycles. The third kappa shape index (κ3) is 8.93. The molecule has 0 radical (unpaired) electrons. The zero-order valence-corrected chi connectivity index (χ0v) is 11.3. The van der Waals surface area contributed by atoms with E-state index in [4.69, 9.17) is 5.11 Å². The molecule has 0 aliphatic rings. The van der Waals surface area contributed by atoms with Gasteiger partial charge in [0.15, 0.2) is 0 Å². The summed E-state index contributed by atoms with van der Waals surface area (Å²) in [5.74, 6) is -0.157. The lowest BCUT2D eigenvalue weighted by atomic mass is 10.1. The number of carbonyl (C=O) groups is 1. The van der Waals surface area contributed by atoms with Crippen molar-refractivity contribution >= 4 is 5.91 Å². The van der Waals surface area contributed by atoms with Crippen molar-refractivity contribution in [3.05, 3.63) is 12.2 Å².